The second-order valence-corrected chi connectivity index (χ2v) is 8.22. The van der Waals surface area contributed by atoms with Gasteiger partial charge in [0.05, 0.1) is 5.69 Å². The Kier molecular flexibility index (Phi) is 4.27. The Morgan fingerprint density at radius 1 is 1.26 bits per heavy atom. The molecule has 108 valence electrons. The molecule has 0 unspecified atom stereocenters. The summed E-state index contributed by atoms with van der Waals surface area (Å²) in [5.41, 5.74) is 5.27. The zero-order valence-electron chi connectivity index (χ0n) is 12.2. The molecule has 0 aliphatic rings. The van der Waals surface area contributed by atoms with Crippen molar-refractivity contribution in [1.29, 1.82) is 0 Å². The molecule has 0 aliphatic heterocycles. The average Bonchev–Trinajstić information content (AvgIpc) is 2.11. The fourth-order valence-corrected chi connectivity index (χ4v) is 3.88. The number of nitrogens with two attached hydrogens (primary N) is 1. The molecule has 19 heavy (non-hydrogen) atoms. The lowest BCUT2D eigenvalue weighted by molar-refractivity contribution is 0.269. The molecule has 0 atom stereocenters. The zero-order valence-corrected chi connectivity index (χ0v) is 13.0. The van der Waals surface area contributed by atoms with Gasteiger partial charge in [0, 0.05) is 11.7 Å². The first-order chi connectivity index (χ1) is 8.43. The standard InChI is InChI=1S/C13H23N3O2S/c1-12(2,3)9-13(4,5)16-19(17,18)11-10(14)7-6-8-15-11/h6-8,16H,9,14H2,1-5H3. The molecule has 0 amide bonds. The quantitative estimate of drug-likeness (QED) is 0.887. The number of sulfonamides is 1. The summed E-state index contributed by atoms with van der Waals surface area (Å²) in [6.45, 7) is 9.92. The molecule has 1 aromatic rings. The highest BCUT2D eigenvalue weighted by atomic mass is 32.2. The largest absolute Gasteiger partial charge is 0.396 e. The Balaban J connectivity index is 3.01. The molecule has 0 aromatic carbocycles. The first-order valence-corrected chi connectivity index (χ1v) is 7.66. The Hall–Kier alpha value is -1.14. The summed E-state index contributed by atoms with van der Waals surface area (Å²) in [6, 6.07) is 3.13. The van der Waals surface area contributed by atoms with E-state index in [4.69, 9.17) is 5.73 Å². The molecular formula is C13H23N3O2S. The number of pyridine rings is 1. The Morgan fingerprint density at radius 2 is 1.84 bits per heavy atom. The van der Waals surface area contributed by atoms with Crippen LogP contribution in [0.5, 0.6) is 0 Å². The molecule has 0 saturated heterocycles. The molecule has 5 nitrogen and oxygen atoms in total. The van der Waals surface area contributed by atoms with E-state index in [0.29, 0.717) is 6.42 Å². The number of anilines is 1. The number of rotatable bonds is 4. The summed E-state index contributed by atoms with van der Waals surface area (Å²) < 4.78 is 27.3. The smallest absolute Gasteiger partial charge is 0.260 e. The summed E-state index contributed by atoms with van der Waals surface area (Å²) in [4.78, 5) is 3.86. The number of nitrogen functional groups attached to an aromatic ring is 1. The predicted octanol–water partition coefficient (Wildman–Crippen LogP) is 2.16. The van der Waals surface area contributed by atoms with Gasteiger partial charge in [-0.05, 0) is 37.8 Å². The minimum atomic E-state index is -3.71. The van der Waals surface area contributed by atoms with Crippen molar-refractivity contribution in [3.05, 3.63) is 18.3 Å². The number of nitrogens with zero attached hydrogens (tertiary/aromatic N) is 1. The second kappa shape index (κ2) is 5.09. The van der Waals surface area contributed by atoms with E-state index in [1.807, 2.05) is 13.8 Å². The van der Waals surface area contributed by atoms with Crippen LogP contribution in [0, 0.1) is 5.41 Å². The normalized spacial score (nSPS) is 13.5. The van der Waals surface area contributed by atoms with E-state index in [1.165, 1.54) is 12.3 Å². The number of hydrogen-bond acceptors (Lipinski definition) is 4. The van der Waals surface area contributed by atoms with E-state index >= 15 is 0 Å². The predicted molar refractivity (Wildman–Crippen MR) is 77.1 cm³/mol. The fourth-order valence-electron chi connectivity index (χ4n) is 2.40. The monoisotopic (exact) mass is 285 g/mol. The van der Waals surface area contributed by atoms with Crippen LogP contribution in [0.3, 0.4) is 0 Å². The molecule has 0 spiro atoms. The van der Waals surface area contributed by atoms with E-state index < -0.39 is 15.6 Å². The molecule has 0 bridgehead atoms. The maximum absolute atomic E-state index is 12.3. The molecule has 0 fully saturated rings. The van der Waals surface area contributed by atoms with Gasteiger partial charge in [-0.2, -0.15) is 0 Å². The van der Waals surface area contributed by atoms with Crippen LogP contribution in [0.15, 0.2) is 23.4 Å². The Bertz CT molecular complexity index is 545. The van der Waals surface area contributed by atoms with Crippen LogP contribution in [-0.2, 0) is 10.0 Å². The van der Waals surface area contributed by atoms with Gasteiger partial charge in [-0.3, -0.25) is 0 Å². The van der Waals surface area contributed by atoms with E-state index in [-0.39, 0.29) is 16.1 Å². The van der Waals surface area contributed by atoms with Gasteiger partial charge in [0.15, 0.2) is 5.03 Å². The third kappa shape index (κ3) is 4.80. The van der Waals surface area contributed by atoms with Crippen molar-refractivity contribution in [2.24, 2.45) is 5.41 Å². The number of nitrogens with one attached hydrogen (secondary N) is 1. The van der Waals surface area contributed by atoms with Gasteiger partial charge in [-0.25, -0.2) is 18.1 Å². The van der Waals surface area contributed by atoms with E-state index in [2.05, 4.69) is 30.5 Å². The van der Waals surface area contributed by atoms with Crippen LogP contribution in [0.1, 0.15) is 41.0 Å². The molecular weight excluding hydrogens is 262 g/mol. The number of hydrogen-bond donors (Lipinski definition) is 2. The van der Waals surface area contributed by atoms with Crippen LogP contribution in [0.25, 0.3) is 0 Å². The third-order valence-corrected chi connectivity index (χ3v) is 4.11. The average molecular weight is 285 g/mol. The van der Waals surface area contributed by atoms with Gasteiger partial charge in [0.2, 0.25) is 0 Å². The minimum absolute atomic E-state index is 0.0156. The van der Waals surface area contributed by atoms with Crippen LogP contribution in [0.4, 0.5) is 5.69 Å². The van der Waals surface area contributed by atoms with Crippen LogP contribution >= 0.6 is 0 Å². The zero-order chi connectivity index (χ0) is 14.9. The first kappa shape index (κ1) is 15.9. The lowest BCUT2D eigenvalue weighted by Gasteiger charge is -2.32. The molecule has 0 saturated carbocycles. The van der Waals surface area contributed by atoms with Gasteiger partial charge in [-0.15, -0.1) is 0 Å². The van der Waals surface area contributed by atoms with Crippen molar-refractivity contribution in [2.75, 3.05) is 5.73 Å². The van der Waals surface area contributed by atoms with Gasteiger partial charge in [-0.1, -0.05) is 20.8 Å². The highest BCUT2D eigenvalue weighted by Gasteiger charge is 2.31. The van der Waals surface area contributed by atoms with Gasteiger partial charge >= 0.3 is 0 Å². The maximum atomic E-state index is 12.3. The molecule has 6 heteroatoms. The maximum Gasteiger partial charge on any atom is 0.260 e. The van der Waals surface area contributed by atoms with Gasteiger partial charge in [0.25, 0.3) is 10.0 Å². The molecule has 3 N–H and O–H groups in total. The highest BCUT2D eigenvalue weighted by molar-refractivity contribution is 7.89. The highest BCUT2D eigenvalue weighted by Crippen LogP contribution is 2.28. The molecule has 1 rings (SSSR count). The van der Waals surface area contributed by atoms with Crippen molar-refractivity contribution in [1.82, 2.24) is 9.71 Å². The molecule has 0 aliphatic carbocycles. The summed E-state index contributed by atoms with van der Waals surface area (Å²) in [5.74, 6) is 0. The topological polar surface area (TPSA) is 85.1 Å². The summed E-state index contributed by atoms with van der Waals surface area (Å²) in [7, 11) is -3.71. The van der Waals surface area contributed by atoms with Crippen LogP contribution < -0.4 is 10.5 Å². The van der Waals surface area contributed by atoms with E-state index in [0.717, 1.165) is 0 Å². The Morgan fingerprint density at radius 3 is 2.32 bits per heavy atom. The van der Waals surface area contributed by atoms with E-state index in [9.17, 15) is 8.42 Å². The van der Waals surface area contributed by atoms with Crippen molar-refractivity contribution in [2.45, 2.75) is 51.6 Å². The fraction of sp³-hybridized carbons (Fsp3) is 0.615. The van der Waals surface area contributed by atoms with Gasteiger partial charge < -0.3 is 5.73 Å². The van der Waals surface area contributed by atoms with Crippen molar-refractivity contribution >= 4 is 15.7 Å². The van der Waals surface area contributed by atoms with Crippen LogP contribution in [-0.4, -0.2) is 18.9 Å². The van der Waals surface area contributed by atoms with Gasteiger partial charge in [0.1, 0.15) is 0 Å². The third-order valence-electron chi connectivity index (χ3n) is 2.44. The molecule has 1 heterocycles. The summed E-state index contributed by atoms with van der Waals surface area (Å²) in [5, 5.41) is -0.114. The van der Waals surface area contributed by atoms with Crippen LogP contribution in [0.2, 0.25) is 0 Å². The summed E-state index contributed by atoms with van der Waals surface area (Å²) >= 11 is 0. The molecule has 0 radical (unpaired) electrons. The lowest BCUT2D eigenvalue weighted by Crippen LogP contribution is -2.46. The van der Waals surface area contributed by atoms with E-state index in [1.54, 1.807) is 6.07 Å². The number of aromatic nitrogens is 1. The lowest BCUT2D eigenvalue weighted by atomic mass is 9.82. The van der Waals surface area contributed by atoms with Crippen molar-refractivity contribution < 1.29 is 8.42 Å². The SMILES string of the molecule is CC(C)(C)CC(C)(C)NS(=O)(=O)c1ncccc1N. The molecule has 1 aromatic heterocycles. The summed E-state index contributed by atoms with van der Waals surface area (Å²) in [6.07, 6.45) is 2.12. The minimum Gasteiger partial charge on any atom is -0.396 e. The second-order valence-electron chi connectivity index (χ2n) is 6.62. The Labute approximate surface area is 115 Å². The van der Waals surface area contributed by atoms with Crippen molar-refractivity contribution in [3.63, 3.8) is 0 Å². The van der Waals surface area contributed by atoms with Crippen molar-refractivity contribution in [3.8, 4) is 0 Å². The first-order valence-electron chi connectivity index (χ1n) is 6.17.